The monoisotopic (exact) mass is 213 g/mol. The van der Waals surface area contributed by atoms with Gasteiger partial charge in [-0.2, -0.15) is 0 Å². The largest absolute Gasteiger partial charge is 0.385 e. The number of nitrogens with zero attached hydrogens (tertiary/aromatic N) is 1. The minimum absolute atomic E-state index is 0.547. The fourth-order valence-electron chi connectivity index (χ4n) is 1.15. The van der Waals surface area contributed by atoms with E-state index in [2.05, 4.69) is 13.2 Å². The van der Waals surface area contributed by atoms with Crippen molar-refractivity contribution in [2.24, 2.45) is 0 Å². The van der Waals surface area contributed by atoms with E-state index >= 15 is 0 Å². The van der Waals surface area contributed by atoms with Crippen molar-refractivity contribution < 1.29 is 9.47 Å². The quantitative estimate of drug-likeness (QED) is 0.389. The Balaban J connectivity index is 3.10. The Hall–Kier alpha value is -0.800. The van der Waals surface area contributed by atoms with E-state index in [0.717, 1.165) is 26.1 Å². The number of hydrogen-bond acceptors (Lipinski definition) is 3. The first-order valence-electron chi connectivity index (χ1n) is 5.42. The summed E-state index contributed by atoms with van der Waals surface area (Å²) in [6.07, 6.45) is 8.06. The number of hydrogen-bond donors (Lipinski definition) is 0. The Morgan fingerprint density at radius 1 is 1.00 bits per heavy atom. The topological polar surface area (TPSA) is 21.7 Å². The van der Waals surface area contributed by atoms with Crippen LogP contribution in [-0.2, 0) is 9.47 Å². The smallest absolute Gasteiger partial charge is 0.122 e. The first-order valence-corrected chi connectivity index (χ1v) is 5.42. The second-order valence-electron chi connectivity index (χ2n) is 3.32. The molecule has 0 aromatic carbocycles. The summed E-state index contributed by atoms with van der Waals surface area (Å²) in [5.41, 5.74) is 0. The molecule has 0 amide bonds. The van der Waals surface area contributed by atoms with Crippen LogP contribution >= 0.6 is 0 Å². The van der Waals surface area contributed by atoms with Crippen LogP contribution in [0.3, 0.4) is 0 Å². The fraction of sp³-hybridized carbons (Fsp3) is 0.667. The van der Waals surface area contributed by atoms with Crippen LogP contribution in [0.15, 0.2) is 25.6 Å². The molecule has 15 heavy (non-hydrogen) atoms. The molecule has 0 unspecified atom stereocenters. The number of rotatable bonds is 11. The Kier molecular flexibility index (Phi) is 10.7. The van der Waals surface area contributed by atoms with Crippen molar-refractivity contribution in [1.29, 1.82) is 0 Å². The molecule has 0 aliphatic rings. The van der Waals surface area contributed by atoms with E-state index in [4.69, 9.17) is 9.47 Å². The highest BCUT2D eigenvalue weighted by atomic mass is 16.5. The molecule has 0 rings (SSSR count). The summed E-state index contributed by atoms with van der Waals surface area (Å²) in [5, 5.41) is 0. The standard InChI is InChI=1S/C12H23NO2/c1-4-13(5-2)12-15-11-9-7-6-8-10-14-3/h4-5H,1-2,6-12H2,3H3. The summed E-state index contributed by atoms with van der Waals surface area (Å²) < 4.78 is 10.4. The van der Waals surface area contributed by atoms with Gasteiger partial charge in [0, 0.05) is 20.3 Å². The highest BCUT2D eigenvalue weighted by molar-refractivity contribution is 4.77. The molecule has 0 aliphatic carbocycles. The van der Waals surface area contributed by atoms with Gasteiger partial charge in [-0.05, 0) is 25.2 Å². The van der Waals surface area contributed by atoms with Crippen LogP contribution in [0.5, 0.6) is 0 Å². The number of unbranched alkanes of at least 4 members (excludes halogenated alkanes) is 3. The van der Waals surface area contributed by atoms with Crippen molar-refractivity contribution in [1.82, 2.24) is 4.90 Å². The van der Waals surface area contributed by atoms with Crippen molar-refractivity contribution in [2.45, 2.75) is 25.7 Å². The van der Waals surface area contributed by atoms with Gasteiger partial charge in [0.2, 0.25) is 0 Å². The van der Waals surface area contributed by atoms with E-state index in [1.54, 1.807) is 19.5 Å². The van der Waals surface area contributed by atoms with E-state index in [1.807, 2.05) is 4.90 Å². The van der Waals surface area contributed by atoms with Gasteiger partial charge in [-0.25, -0.2) is 0 Å². The first kappa shape index (κ1) is 14.2. The molecular weight excluding hydrogens is 190 g/mol. The summed E-state index contributed by atoms with van der Waals surface area (Å²) in [6, 6.07) is 0. The van der Waals surface area contributed by atoms with E-state index in [0.29, 0.717) is 6.73 Å². The molecule has 3 heteroatoms. The van der Waals surface area contributed by atoms with Gasteiger partial charge in [0.1, 0.15) is 6.73 Å². The van der Waals surface area contributed by atoms with Crippen molar-refractivity contribution in [3.05, 3.63) is 25.6 Å². The van der Waals surface area contributed by atoms with Crippen molar-refractivity contribution >= 4 is 0 Å². The lowest BCUT2D eigenvalue weighted by Gasteiger charge is -2.14. The second kappa shape index (κ2) is 11.3. The van der Waals surface area contributed by atoms with Gasteiger partial charge in [0.05, 0.1) is 0 Å². The predicted octanol–water partition coefficient (Wildman–Crippen LogP) is 2.76. The maximum atomic E-state index is 5.44. The molecule has 0 heterocycles. The minimum atomic E-state index is 0.547. The third kappa shape index (κ3) is 9.50. The fourth-order valence-corrected chi connectivity index (χ4v) is 1.15. The van der Waals surface area contributed by atoms with Gasteiger partial charge in [0.15, 0.2) is 0 Å². The van der Waals surface area contributed by atoms with Gasteiger partial charge in [-0.3, -0.25) is 0 Å². The Morgan fingerprint density at radius 3 is 2.13 bits per heavy atom. The normalized spacial score (nSPS) is 9.93. The molecule has 0 N–H and O–H groups in total. The molecule has 0 atom stereocenters. The van der Waals surface area contributed by atoms with Crippen LogP contribution in [0, 0.1) is 0 Å². The second-order valence-corrected chi connectivity index (χ2v) is 3.32. The Bertz CT molecular complexity index is 152. The molecule has 0 fully saturated rings. The lowest BCUT2D eigenvalue weighted by molar-refractivity contribution is 0.0722. The summed E-state index contributed by atoms with van der Waals surface area (Å²) in [7, 11) is 1.74. The van der Waals surface area contributed by atoms with Crippen molar-refractivity contribution in [3.63, 3.8) is 0 Å². The maximum Gasteiger partial charge on any atom is 0.122 e. The maximum absolute atomic E-state index is 5.44. The van der Waals surface area contributed by atoms with Crippen LogP contribution in [0.2, 0.25) is 0 Å². The molecule has 3 nitrogen and oxygen atoms in total. The van der Waals surface area contributed by atoms with Crippen LogP contribution in [-0.4, -0.2) is 32.0 Å². The zero-order valence-corrected chi connectivity index (χ0v) is 9.78. The van der Waals surface area contributed by atoms with E-state index < -0.39 is 0 Å². The van der Waals surface area contributed by atoms with Crippen LogP contribution in [0.1, 0.15) is 25.7 Å². The highest BCUT2D eigenvalue weighted by Crippen LogP contribution is 2.00. The molecular formula is C12H23NO2. The summed E-state index contributed by atoms with van der Waals surface area (Å²) in [5.74, 6) is 0. The summed E-state index contributed by atoms with van der Waals surface area (Å²) in [4.78, 5) is 1.81. The lowest BCUT2D eigenvalue weighted by Crippen LogP contribution is -2.13. The van der Waals surface area contributed by atoms with Crippen molar-refractivity contribution in [3.8, 4) is 0 Å². The Morgan fingerprint density at radius 2 is 1.60 bits per heavy atom. The van der Waals surface area contributed by atoms with Gasteiger partial charge >= 0.3 is 0 Å². The van der Waals surface area contributed by atoms with Crippen LogP contribution in [0.25, 0.3) is 0 Å². The third-order valence-electron chi connectivity index (χ3n) is 2.10. The first-order chi connectivity index (χ1) is 7.35. The molecule has 0 aromatic rings. The average molecular weight is 213 g/mol. The van der Waals surface area contributed by atoms with Gasteiger partial charge in [-0.15, -0.1) is 0 Å². The molecule has 0 aliphatic heterocycles. The van der Waals surface area contributed by atoms with Crippen LogP contribution < -0.4 is 0 Å². The molecule has 0 radical (unpaired) electrons. The minimum Gasteiger partial charge on any atom is -0.385 e. The highest BCUT2D eigenvalue weighted by Gasteiger charge is 1.93. The van der Waals surface area contributed by atoms with E-state index in [1.165, 1.54) is 12.8 Å². The third-order valence-corrected chi connectivity index (χ3v) is 2.10. The lowest BCUT2D eigenvalue weighted by atomic mass is 10.2. The zero-order chi connectivity index (χ0) is 11.4. The van der Waals surface area contributed by atoms with Crippen molar-refractivity contribution in [2.75, 3.05) is 27.1 Å². The summed E-state index contributed by atoms with van der Waals surface area (Å²) in [6.45, 7) is 9.49. The van der Waals surface area contributed by atoms with Crippen LogP contribution in [0.4, 0.5) is 0 Å². The Labute approximate surface area is 93.4 Å². The molecule has 0 saturated heterocycles. The van der Waals surface area contributed by atoms with Gasteiger partial charge in [0.25, 0.3) is 0 Å². The van der Waals surface area contributed by atoms with Gasteiger partial charge < -0.3 is 14.4 Å². The zero-order valence-electron chi connectivity index (χ0n) is 9.78. The van der Waals surface area contributed by atoms with E-state index in [-0.39, 0.29) is 0 Å². The molecule has 88 valence electrons. The molecule has 0 aromatic heterocycles. The van der Waals surface area contributed by atoms with Gasteiger partial charge in [-0.1, -0.05) is 26.0 Å². The molecule has 0 spiro atoms. The van der Waals surface area contributed by atoms with E-state index in [9.17, 15) is 0 Å². The summed E-state index contributed by atoms with van der Waals surface area (Å²) >= 11 is 0. The average Bonchev–Trinajstić information content (AvgIpc) is 2.27. The molecule has 0 bridgehead atoms. The molecule has 0 saturated carbocycles. The predicted molar refractivity (Wildman–Crippen MR) is 63.4 cm³/mol. The number of ether oxygens (including phenoxy) is 2. The number of methoxy groups -OCH3 is 1. The SMILES string of the molecule is C=CN(C=C)COCCCCCCOC.